The Labute approximate surface area is 134 Å². The molecular weight excluding hydrogens is 362 g/mol. The van der Waals surface area contributed by atoms with Crippen LogP contribution in [-0.4, -0.2) is 8.42 Å². The van der Waals surface area contributed by atoms with Gasteiger partial charge in [0.15, 0.2) is 0 Å². The second kappa shape index (κ2) is 5.98. The Morgan fingerprint density at radius 2 is 1.64 bits per heavy atom. The minimum atomic E-state index is -4.70. The van der Waals surface area contributed by atoms with E-state index in [0.717, 1.165) is 24.3 Å². The first-order valence-electron chi connectivity index (χ1n) is 5.75. The number of benzene rings is 2. The summed E-state index contributed by atoms with van der Waals surface area (Å²) in [5.74, 6) is 0. The third kappa shape index (κ3) is 3.66. The van der Waals surface area contributed by atoms with Gasteiger partial charge in [0.1, 0.15) is 4.90 Å². The molecule has 0 amide bonds. The molecule has 0 aromatic heterocycles. The number of nitrogens with one attached hydrogen (secondary N) is 1. The van der Waals surface area contributed by atoms with Gasteiger partial charge >= 0.3 is 6.18 Å². The maximum Gasteiger partial charge on any atom is 0.418 e. The maximum absolute atomic E-state index is 12.9. The molecule has 22 heavy (non-hydrogen) atoms. The van der Waals surface area contributed by atoms with Gasteiger partial charge in [0.05, 0.1) is 16.3 Å². The number of alkyl halides is 3. The van der Waals surface area contributed by atoms with Crippen LogP contribution in [0.5, 0.6) is 0 Å². The lowest BCUT2D eigenvalue weighted by atomic mass is 10.2. The predicted molar refractivity (Wildman–Crippen MR) is 78.7 cm³/mol. The summed E-state index contributed by atoms with van der Waals surface area (Å²) in [4.78, 5) is -0.404. The van der Waals surface area contributed by atoms with E-state index in [4.69, 9.17) is 23.2 Å². The minimum Gasteiger partial charge on any atom is -0.279 e. The van der Waals surface area contributed by atoms with Gasteiger partial charge in [-0.15, -0.1) is 0 Å². The van der Waals surface area contributed by atoms with Crippen LogP contribution in [0, 0.1) is 0 Å². The monoisotopic (exact) mass is 369 g/mol. The average molecular weight is 370 g/mol. The minimum absolute atomic E-state index is 0.0916. The zero-order chi connectivity index (χ0) is 16.5. The molecule has 2 aromatic rings. The average Bonchev–Trinajstić information content (AvgIpc) is 2.40. The zero-order valence-electron chi connectivity index (χ0n) is 10.7. The van der Waals surface area contributed by atoms with E-state index < -0.39 is 32.3 Å². The molecule has 0 saturated carbocycles. The number of hydrogen-bond acceptors (Lipinski definition) is 2. The molecule has 118 valence electrons. The van der Waals surface area contributed by atoms with Gasteiger partial charge in [-0.05, 0) is 30.3 Å². The normalized spacial score (nSPS) is 12.2. The van der Waals surface area contributed by atoms with Gasteiger partial charge in [0.25, 0.3) is 10.0 Å². The van der Waals surface area contributed by atoms with Gasteiger partial charge in [-0.2, -0.15) is 13.2 Å². The fourth-order valence-corrected chi connectivity index (χ4v) is 3.55. The van der Waals surface area contributed by atoms with Gasteiger partial charge < -0.3 is 0 Å². The Hall–Kier alpha value is -1.44. The van der Waals surface area contributed by atoms with Crippen molar-refractivity contribution >= 4 is 38.9 Å². The molecule has 2 aromatic carbocycles. The van der Waals surface area contributed by atoms with E-state index in [-0.39, 0.29) is 10.0 Å². The fraction of sp³-hybridized carbons (Fsp3) is 0.0769. The summed E-state index contributed by atoms with van der Waals surface area (Å²) < 4.78 is 65.0. The van der Waals surface area contributed by atoms with Crippen molar-refractivity contribution in [3.8, 4) is 0 Å². The molecular formula is C13H8Cl2F3NO2S. The highest BCUT2D eigenvalue weighted by molar-refractivity contribution is 7.92. The third-order valence-electron chi connectivity index (χ3n) is 2.66. The molecule has 0 fully saturated rings. The lowest BCUT2D eigenvalue weighted by Crippen LogP contribution is -2.17. The number of para-hydroxylation sites is 1. The largest absolute Gasteiger partial charge is 0.418 e. The molecule has 9 heteroatoms. The Morgan fingerprint density at radius 3 is 2.27 bits per heavy atom. The van der Waals surface area contributed by atoms with Crippen LogP contribution in [0.15, 0.2) is 47.4 Å². The maximum atomic E-state index is 12.9. The first kappa shape index (κ1) is 16.9. The molecule has 0 unspecified atom stereocenters. The highest BCUT2D eigenvalue weighted by Crippen LogP contribution is 2.36. The molecule has 0 radical (unpaired) electrons. The van der Waals surface area contributed by atoms with Gasteiger partial charge in [0.2, 0.25) is 0 Å². The Morgan fingerprint density at radius 1 is 1.00 bits per heavy atom. The highest BCUT2D eigenvalue weighted by atomic mass is 35.5. The first-order chi connectivity index (χ1) is 10.1. The summed E-state index contributed by atoms with van der Waals surface area (Å²) >= 11 is 11.5. The van der Waals surface area contributed by atoms with E-state index in [1.165, 1.54) is 18.2 Å². The van der Waals surface area contributed by atoms with Gasteiger partial charge in [0, 0.05) is 5.02 Å². The summed E-state index contributed by atoms with van der Waals surface area (Å²) in [6.45, 7) is 0. The van der Waals surface area contributed by atoms with E-state index in [9.17, 15) is 21.6 Å². The molecule has 3 nitrogen and oxygen atoms in total. The second-order valence-electron chi connectivity index (χ2n) is 4.22. The lowest BCUT2D eigenvalue weighted by molar-refractivity contribution is -0.136. The van der Waals surface area contributed by atoms with Gasteiger partial charge in [-0.25, -0.2) is 8.42 Å². The van der Waals surface area contributed by atoms with E-state index in [1.807, 2.05) is 4.72 Å². The van der Waals surface area contributed by atoms with E-state index in [0.29, 0.717) is 0 Å². The topological polar surface area (TPSA) is 46.2 Å². The highest BCUT2D eigenvalue weighted by Gasteiger charge is 2.34. The van der Waals surface area contributed by atoms with Crippen LogP contribution in [0.25, 0.3) is 0 Å². The Kier molecular flexibility index (Phi) is 4.60. The number of halogens is 5. The smallest absolute Gasteiger partial charge is 0.279 e. The Balaban J connectivity index is 2.49. The van der Waals surface area contributed by atoms with Crippen LogP contribution in [0.2, 0.25) is 10.0 Å². The van der Waals surface area contributed by atoms with Crippen LogP contribution in [0.1, 0.15) is 5.56 Å². The second-order valence-corrected chi connectivity index (χ2v) is 6.72. The van der Waals surface area contributed by atoms with Crippen molar-refractivity contribution in [3.05, 3.63) is 58.1 Å². The number of sulfonamides is 1. The molecule has 0 saturated heterocycles. The van der Waals surface area contributed by atoms with Crippen LogP contribution >= 0.6 is 23.2 Å². The summed E-state index contributed by atoms with van der Waals surface area (Å²) in [5, 5.41) is -0.0599. The number of anilines is 1. The SMILES string of the molecule is O=S(=O)(Nc1ccccc1C(F)(F)F)c1cc(Cl)ccc1Cl. The quantitative estimate of drug-likeness (QED) is 0.843. The van der Waals surface area contributed by atoms with Crippen molar-refractivity contribution in [1.82, 2.24) is 0 Å². The standard InChI is InChI=1S/C13H8Cl2F3NO2S/c14-8-5-6-10(15)12(7-8)22(20,21)19-11-4-2-1-3-9(11)13(16,17)18/h1-7,19H. The van der Waals surface area contributed by atoms with E-state index >= 15 is 0 Å². The lowest BCUT2D eigenvalue weighted by Gasteiger charge is -2.15. The first-order valence-corrected chi connectivity index (χ1v) is 7.99. The molecule has 0 heterocycles. The summed E-state index contributed by atoms with van der Waals surface area (Å²) in [6.07, 6.45) is -4.70. The van der Waals surface area contributed by atoms with Crippen LogP contribution < -0.4 is 4.72 Å². The summed E-state index contributed by atoms with van der Waals surface area (Å²) in [5.41, 5.74) is -1.69. The molecule has 0 aliphatic heterocycles. The predicted octanol–water partition coefficient (Wildman–Crippen LogP) is 4.81. The summed E-state index contributed by atoms with van der Waals surface area (Å²) in [6, 6.07) is 7.90. The van der Waals surface area contributed by atoms with E-state index in [1.54, 1.807) is 0 Å². The van der Waals surface area contributed by atoms with Crippen LogP contribution in [-0.2, 0) is 16.2 Å². The molecule has 2 rings (SSSR count). The van der Waals surface area contributed by atoms with Crippen LogP contribution in [0.3, 0.4) is 0 Å². The molecule has 0 atom stereocenters. The molecule has 0 bridgehead atoms. The summed E-state index contributed by atoms with van der Waals surface area (Å²) in [7, 11) is -4.32. The fourth-order valence-electron chi connectivity index (χ4n) is 1.70. The molecule has 0 aliphatic rings. The van der Waals surface area contributed by atoms with Crippen LogP contribution in [0.4, 0.5) is 18.9 Å². The van der Waals surface area contributed by atoms with Crippen molar-refractivity contribution in [2.75, 3.05) is 4.72 Å². The van der Waals surface area contributed by atoms with Gasteiger partial charge in [-0.1, -0.05) is 35.3 Å². The van der Waals surface area contributed by atoms with Crippen molar-refractivity contribution < 1.29 is 21.6 Å². The van der Waals surface area contributed by atoms with Gasteiger partial charge in [-0.3, -0.25) is 4.72 Å². The number of hydrogen-bond donors (Lipinski definition) is 1. The third-order valence-corrected chi connectivity index (χ3v) is 4.74. The zero-order valence-corrected chi connectivity index (χ0v) is 13.0. The molecule has 0 aliphatic carbocycles. The molecule has 0 spiro atoms. The molecule has 1 N–H and O–H groups in total. The van der Waals surface area contributed by atoms with Crippen molar-refractivity contribution in [2.45, 2.75) is 11.1 Å². The van der Waals surface area contributed by atoms with E-state index in [2.05, 4.69) is 0 Å². The van der Waals surface area contributed by atoms with Crippen molar-refractivity contribution in [3.63, 3.8) is 0 Å². The van der Waals surface area contributed by atoms with Crippen molar-refractivity contribution in [1.29, 1.82) is 0 Å². The van der Waals surface area contributed by atoms with Crippen molar-refractivity contribution in [2.24, 2.45) is 0 Å². The Bertz CT molecular complexity index is 807. The number of rotatable bonds is 3.